The Morgan fingerprint density at radius 2 is 2.09 bits per heavy atom. The monoisotopic (exact) mass is 390 g/mol. The third-order valence-corrected chi connectivity index (χ3v) is 5.98. The number of hydrogen-bond acceptors (Lipinski definition) is 3. The number of amides is 1. The standard InChI is InChI=1S/C18H19BrN2OS/c1-12-8-9-16(15(19)11-12)21-17(22)14-7-4-10-20-18(14)23-13-5-2-3-6-13/h4,7-11,13H,2-3,5-6H2,1H3,(H,21,22). The number of nitrogens with one attached hydrogen (secondary N) is 1. The van der Waals surface area contributed by atoms with E-state index >= 15 is 0 Å². The lowest BCUT2D eigenvalue weighted by atomic mass is 10.2. The van der Waals surface area contributed by atoms with Gasteiger partial charge in [0, 0.05) is 15.9 Å². The van der Waals surface area contributed by atoms with Crippen molar-refractivity contribution in [3.63, 3.8) is 0 Å². The number of halogens is 1. The molecule has 3 nitrogen and oxygen atoms in total. The van der Waals surface area contributed by atoms with Crippen molar-refractivity contribution >= 4 is 39.3 Å². The maximum absolute atomic E-state index is 12.7. The predicted molar refractivity (Wildman–Crippen MR) is 99.2 cm³/mol. The topological polar surface area (TPSA) is 42.0 Å². The van der Waals surface area contributed by atoms with Gasteiger partial charge < -0.3 is 5.32 Å². The molecule has 1 aliphatic rings. The summed E-state index contributed by atoms with van der Waals surface area (Å²) in [6, 6.07) is 9.56. The molecule has 1 amide bonds. The average molecular weight is 391 g/mol. The second-order valence-electron chi connectivity index (χ2n) is 5.82. The molecule has 1 saturated carbocycles. The summed E-state index contributed by atoms with van der Waals surface area (Å²) >= 11 is 5.24. The number of aryl methyl sites for hydroxylation is 1. The van der Waals surface area contributed by atoms with Gasteiger partial charge in [0.05, 0.1) is 11.3 Å². The first-order valence-electron chi connectivity index (χ1n) is 7.82. The van der Waals surface area contributed by atoms with Crippen LogP contribution in [0.3, 0.4) is 0 Å². The highest BCUT2D eigenvalue weighted by Crippen LogP contribution is 2.35. The van der Waals surface area contributed by atoms with Crippen LogP contribution in [-0.2, 0) is 0 Å². The van der Waals surface area contributed by atoms with Gasteiger partial charge in [-0.25, -0.2) is 4.98 Å². The largest absolute Gasteiger partial charge is 0.321 e. The maximum Gasteiger partial charge on any atom is 0.258 e. The summed E-state index contributed by atoms with van der Waals surface area (Å²) < 4.78 is 0.889. The van der Waals surface area contributed by atoms with Crippen LogP contribution in [0.5, 0.6) is 0 Å². The fourth-order valence-corrected chi connectivity index (χ4v) is 4.62. The summed E-state index contributed by atoms with van der Waals surface area (Å²) in [5.74, 6) is -0.108. The molecule has 1 fully saturated rings. The van der Waals surface area contributed by atoms with Crippen molar-refractivity contribution in [2.45, 2.75) is 42.9 Å². The maximum atomic E-state index is 12.7. The molecule has 0 unspecified atom stereocenters. The van der Waals surface area contributed by atoms with E-state index < -0.39 is 0 Å². The molecule has 2 aromatic rings. The molecule has 1 aliphatic carbocycles. The number of carbonyl (C=O) groups is 1. The van der Waals surface area contributed by atoms with Crippen molar-refractivity contribution in [2.24, 2.45) is 0 Å². The molecule has 1 aromatic carbocycles. The summed E-state index contributed by atoms with van der Waals surface area (Å²) in [7, 11) is 0. The van der Waals surface area contributed by atoms with Crippen molar-refractivity contribution in [3.8, 4) is 0 Å². The number of rotatable bonds is 4. The van der Waals surface area contributed by atoms with E-state index in [1.807, 2.05) is 37.3 Å². The molecule has 0 radical (unpaired) electrons. The van der Waals surface area contributed by atoms with Gasteiger partial charge in [-0.15, -0.1) is 11.8 Å². The van der Waals surface area contributed by atoms with E-state index in [-0.39, 0.29) is 5.91 Å². The molecular formula is C18H19BrN2OS. The number of nitrogens with zero attached hydrogens (tertiary/aromatic N) is 1. The van der Waals surface area contributed by atoms with E-state index in [1.165, 1.54) is 25.7 Å². The summed E-state index contributed by atoms with van der Waals surface area (Å²) in [6.07, 6.45) is 6.75. The summed E-state index contributed by atoms with van der Waals surface area (Å²) in [4.78, 5) is 17.1. The number of anilines is 1. The Morgan fingerprint density at radius 3 is 2.83 bits per heavy atom. The van der Waals surface area contributed by atoms with Crippen LogP contribution in [0, 0.1) is 6.92 Å². The minimum atomic E-state index is -0.108. The highest BCUT2D eigenvalue weighted by molar-refractivity contribution is 9.10. The zero-order chi connectivity index (χ0) is 16.2. The van der Waals surface area contributed by atoms with Gasteiger partial charge in [-0.1, -0.05) is 18.9 Å². The van der Waals surface area contributed by atoms with Gasteiger partial charge in [-0.05, 0) is 65.5 Å². The smallest absolute Gasteiger partial charge is 0.258 e. The molecule has 0 saturated heterocycles. The number of thioether (sulfide) groups is 1. The van der Waals surface area contributed by atoms with Gasteiger partial charge in [0.1, 0.15) is 5.03 Å². The van der Waals surface area contributed by atoms with E-state index in [4.69, 9.17) is 0 Å². The van der Waals surface area contributed by atoms with Crippen LogP contribution < -0.4 is 5.32 Å². The van der Waals surface area contributed by atoms with E-state index in [2.05, 4.69) is 26.2 Å². The SMILES string of the molecule is Cc1ccc(NC(=O)c2cccnc2SC2CCCC2)c(Br)c1. The van der Waals surface area contributed by atoms with Crippen molar-refractivity contribution in [1.29, 1.82) is 0 Å². The van der Waals surface area contributed by atoms with Crippen LogP contribution in [0.15, 0.2) is 46.0 Å². The molecule has 120 valence electrons. The zero-order valence-corrected chi connectivity index (χ0v) is 15.4. The number of aromatic nitrogens is 1. The lowest BCUT2D eigenvalue weighted by molar-refractivity contribution is 0.102. The Bertz CT molecular complexity index is 714. The van der Waals surface area contributed by atoms with Crippen LogP contribution in [0.25, 0.3) is 0 Å². The third-order valence-electron chi connectivity index (χ3n) is 3.97. The normalized spacial score (nSPS) is 14.9. The third kappa shape index (κ3) is 4.15. The van der Waals surface area contributed by atoms with Crippen LogP contribution in [0.1, 0.15) is 41.6 Å². The van der Waals surface area contributed by atoms with Crippen LogP contribution in [-0.4, -0.2) is 16.1 Å². The number of carbonyl (C=O) groups excluding carboxylic acids is 1. The first-order chi connectivity index (χ1) is 11.1. The molecule has 5 heteroatoms. The molecule has 0 aliphatic heterocycles. The molecule has 1 aromatic heterocycles. The molecule has 1 heterocycles. The summed E-state index contributed by atoms with van der Waals surface area (Å²) in [5, 5.41) is 4.40. The Labute approximate surface area is 149 Å². The van der Waals surface area contributed by atoms with E-state index in [9.17, 15) is 4.79 Å². The van der Waals surface area contributed by atoms with Gasteiger partial charge in [0.25, 0.3) is 5.91 Å². The van der Waals surface area contributed by atoms with Gasteiger partial charge in [0.2, 0.25) is 0 Å². The minimum absolute atomic E-state index is 0.108. The summed E-state index contributed by atoms with van der Waals surface area (Å²) in [5.41, 5.74) is 2.58. The fraction of sp³-hybridized carbons (Fsp3) is 0.333. The Morgan fingerprint density at radius 1 is 1.30 bits per heavy atom. The quantitative estimate of drug-likeness (QED) is 0.755. The van der Waals surface area contributed by atoms with Crippen molar-refractivity contribution in [1.82, 2.24) is 4.98 Å². The Hall–Kier alpha value is -1.33. The zero-order valence-electron chi connectivity index (χ0n) is 13.0. The molecule has 0 atom stereocenters. The van der Waals surface area contributed by atoms with E-state index in [0.717, 1.165) is 20.7 Å². The highest BCUT2D eigenvalue weighted by atomic mass is 79.9. The van der Waals surface area contributed by atoms with Gasteiger partial charge >= 0.3 is 0 Å². The number of hydrogen-bond donors (Lipinski definition) is 1. The average Bonchev–Trinajstić information content (AvgIpc) is 3.03. The number of benzene rings is 1. The predicted octanol–water partition coefficient (Wildman–Crippen LogP) is 5.44. The van der Waals surface area contributed by atoms with Gasteiger partial charge in [-0.3, -0.25) is 4.79 Å². The van der Waals surface area contributed by atoms with Crippen LogP contribution in [0.4, 0.5) is 5.69 Å². The van der Waals surface area contributed by atoms with Crippen LogP contribution in [0.2, 0.25) is 0 Å². The van der Waals surface area contributed by atoms with Crippen LogP contribution >= 0.6 is 27.7 Å². The molecule has 23 heavy (non-hydrogen) atoms. The van der Waals surface area contributed by atoms with Gasteiger partial charge in [0.15, 0.2) is 0 Å². The lowest BCUT2D eigenvalue weighted by Gasteiger charge is -2.13. The van der Waals surface area contributed by atoms with E-state index in [1.54, 1.807) is 18.0 Å². The Kier molecular flexibility index (Phi) is 5.38. The van der Waals surface area contributed by atoms with Gasteiger partial charge in [-0.2, -0.15) is 0 Å². The number of pyridine rings is 1. The first kappa shape index (κ1) is 16.5. The van der Waals surface area contributed by atoms with Crippen molar-refractivity contribution < 1.29 is 4.79 Å². The van der Waals surface area contributed by atoms with E-state index in [0.29, 0.717) is 10.8 Å². The second kappa shape index (κ2) is 7.49. The molecule has 0 bridgehead atoms. The second-order valence-corrected chi connectivity index (χ2v) is 7.96. The highest BCUT2D eigenvalue weighted by Gasteiger charge is 2.21. The molecule has 1 N–H and O–H groups in total. The summed E-state index contributed by atoms with van der Waals surface area (Å²) in [6.45, 7) is 2.02. The lowest BCUT2D eigenvalue weighted by Crippen LogP contribution is -2.14. The first-order valence-corrected chi connectivity index (χ1v) is 9.50. The minimum Gasteiger partial charge on any atom is -0.321 e. The molecular weight excluding hydrogens is 372 g/mol. The molecule has 0 spiro atoms. The van der Waals surface area contributed by atoms with Crippen molar-refractivity contribution in [3.05, 3.63) is 52.1 Å². The fourth-order valence-electron chi connectivity index (χ4n) is 2.73. The molecule has 3 rings (SSSR count). The Balaban J connectivity index is 1.78. The van der Waals surface area contributed by atoms with Crippen molar-refractivity contribution in [2.75, 3.05) is 5.32 Å².